The summed E-state index contributed by atoms with van der Waals surface area (Å²) in [5, 5.41) is 8.94. The lowest BCUT2D eigenvalue weighted by molar-refractivity contribution is -0.139. The van der Waals surface area contributed by atoms with Crippen LogP contribution in [-0.2, 0) is 16.1 Å². The van der Waals surface area contributed by atoms with E-state index in [1.807, 2.05) is 36.4 Å². The largest absolute Gasteiger partial charge is 0.472 e. The number of nitriles is 1. The summed E-state index contributed by atoms with van der Waals surface area (Å²) in [7, 11) is 0. The summed E-state index contributed by atoms with van der Waals surface area (Å²) in [6.45, 7) is 0.143. The lowest BCUT2D eigenvalue weighted by atomic mass is 10.2. The molecule has 94 valence electrons. The number of nitrogens with zero attached hydrogens (tertiary/aromatic N) is 1. The number of ether oxygens (including phenoxy) is 1. The van der Waals surface area contributed by atoms with Crippen LogP contribution in [0.25, 0.3) is 6.08 Å². The Labute approximate surface area is 110 Å². The van der Waals surface area contributed by atoms with E-state index in [1.54, 1.807) is 6.07 Å². The Balaban J connectivity index is 2.01. The number of esters is 1. The highest BCUT2D eigenvalue weighted by atomic mass is 16.5. The van der Waals surface area contributed by atoms with Crippen LogP contribution in [0.15, 0.2) is 58.9 Å². The van der Waals surface area contributed by atoms with E-state index in [-0.39, 0.29) is 12.2 Å². The van der Waals surface area contributed by atoms with Crippen molar-refractivity contribution in [2.75, 3.05) is 0 Å². The molecule has 0 saturated heterocycles. The molecule has 1 aromatic carbocycles. The summed E-state index contributed by atoms with van der Waals surface area (Å²) in [6, 6.07) is 12.8. The van der Waals surface area contributed by atoms with Crippen molar-refractivity contribution in [2.45, 2.75) is 6.61 Å². The molecule has 4 nitrogen and oxygen atoms in total. The molecule has 0 amide bonds. The first-order valence-electron chi connectivity index (χ1n) is 5.64. The lowest BCUT2D eigenvalue weighted by Gasteiger charge is -2.03. The van der Waals surface area contributed by atoms with E-state index in [1.165, 1.54) is 18.6 Å². The van der Waals surface area contributed by atoms with Gasteiger partial charge in [-0.3, -0.25) is 0 Å². The van der Waals surface area contributed by atoms with Crippen LogP contribution in [0.1, 0.15) is 11.1 Å². The number of furan rings is 1. The zero-order valence-electron chi connectivity index (χ0n) is 10.1. The average molecular weight is 253 g/mol. The molecule has 0 bridgehead atoms. The summed E-state index contributed by atoms with van der Waals surface area (Å²) in [5.74, 6) is -0.646. The SMILES string of the molecule is N#CC(=Cc1ccoc1)C(=O)OCc1ccccc1. The van der Waals surface area contributed by atoms with Crippen molar-refractivity contribution in [3.63, 3.8) is 0 Å². The van der Waals surface area contributed by atoms with Gasteiger partial charge in [-0.05, 0) is 17.7 Å². The van der Waals surface area contributed by atoms with Crippen molar-refractivity contribution in [1.29, 1.82) is 5.26 Å². The standard InChI is InChI=1S/C15H11NO3/c16-9-14(8-13-6-7-18-10-13)15(17)19-11-12-4-2-1-3-5-12/h1-8,10H,11H2. The second-order valence-corrected chi connectivity index (χ2v) is 3.79. The van der Waals surface area contributed by atoms with Gasteiger partial charge in [0, 0.05) is 5.56 Å². The Morgan fingerprint density at radius 3 is 2.74 bits per heavy atom. The monoisotopic (exact) mass is 253 g/mol. The molecule has 0 N–H and O–H groups in total. The van der Waals surface area contributed by atoms with E-state index in [4.69, 9.17) is 14.4 Å². The predicted molar refractivity (Wildman–Crippen MR) is 68.5 cm³/mol. The van der Waals surface area contributed by atoms with E-state index < -0.39 is 5.97 Å². The van der Waals surface area contributed by atoms with Gasteiger partial charge in [0.1, 0.15) is 18.2 Å². The molecule has 0 fully saturated rings. The topological polar surface area (TPSA) is 63.2 Å². The molecule has 0 unspecified atom stereocenters. The van der Waals surface area contributed by atoms with Crippen molar-refractivity contribution in [1.82, 2.24) is 0 Å². The molecule has 2 aromatic rings. The zero-order valence-corrected chi connectivity index (χ0v) is 10.1. The van der Waals surface area contributed by atoms with Gasteiger partial charge < -0.3 is 9.15 Å². The van der Waals surface area contributed by atoms with Gasteiger partial charge in [0.25, 0.3) is 0 Å². The minimum Gasteiger partial charge on any atom is -0.472 e. The first-order valence-corrected chi connectivity index (χ1v) is 5.64. The molecule has 0 atom stereocenters. The van der Waals surface area contributed by atoms with Crippen LogP contribution < -0.4 is 0 Å². The van der Waals surface area contributed by atoms with E-state index in [9.17, 15) is 4.79 Å². The number of hydrogen-bond acceptors (Lipinski definition) is 4. The molecule has 0 aliphatic heterocycles. The minimum atomic E-state index is -0.646. The van der Waals surface area contributed by atoms with Gasteiger partial charge in [0.05, 0.1) is 12.5 Å². The number of rotatable bonds is 4. The molecule has 0 saturated carbocycles. The Morgan fingerprint density at radius 1 is 1.32 bits per heavy atom. The van der Waals surface area contributed by atoms with Crippen LogP contribution in [0.3, 0.4) is 0 Å². The molecule has 19 heavy (non-hydrogen) atoms. The Bertz CT molecular complexity index is 607. The van der Waals surface area contributed by atoms with Crippen LogP contribution in [0.2, 0.25) is 0 Å². The highest BCUT2D eigenvalue weighted by Gasteiger charge is 2.11. The highest BCUT2D eigenvalue weighted by molar-refractivity contribution is 5.97. The van der Waals surface area contributed by atoms with E-state index in [0.29, 0.717) is 5.56 Å². The van der Waals surface area contributed by atoms with Crippen molar-refractivity contribution < 1.29 is 13.9 Å². The van der Waals surface area contributed by atoms with Crippen molar-refractivity contribution in [3.05, 3.63) is 65.6 Å². The van der Waals surface area contributed by atoms with Crippen molar-refractivity contribution in [3.8, 4) is 6.07 Å². The van der Waals surface area contributed by atoms with Crippen molar-refractivity contribution in [2.24, 2.45) is 0 Å². The average Bonchev–Trinajstić information content (AvgIpc) is 2.96. The predicted octanol–water partition coefficient (Wildman–Crippen LogP) is 2.93. The summed E-state index contributed by atoms with van der Waals surface area (Å²) >= 11 is 0. The molecule has 1 heterocycles. The molecule has 0 aliphatic carbocycles. The molecular weight excluding hydrogens is 242 g/mol. The third kappa shape index (κ3) is 3.58. The Hall–Kier alpha value is -2.80. The number of hydrogen-bond donors (Lipinski definition) is 0. The van der Waals surface area contributed by atoms with Crippen LogP contribution in [0, 0.1) is 11.3 Å². The van der Waals surface area contributed by atoms with Crippen LogP contribution in [0.5, 0.6) is 0 Å². The maximum Gasteiger partial charge on any atom is 0.349 e. The molecule has 0 aliphatic rings. The lowest BCUT2D eigenvalue weighted by Crippen LogP contribution is -2.06. The normalized spacial score (nSPS) is 10.8. The fourth-order valence-electron chi connectivity index (χ4n) is 1.46. The molecule has 0 spiro atoms. The molecule has 4 heteroatoms. The maximum atomic E-state index is 11.7. The summed E-state index contributed by atoms with van der Waals surface area (Å²) in [4.78, 5) is 11.7. The van der Waals surface area contributed by atoms with Gasteiger partial charge in [-0.15, -0.1) is 0 Å². The third-order valence-electron chi connectivity index (χ3n) is 2.41. The number of carbonyl (C=O) groups is 1. The van der Waals surface area contributed by atoms with Crippen molar-refractivity contribution >= 4 is 12.0 Å². The van der Waals surface area contributed by atoms with Crippen LogP contribution in [0.4, 0.5) is 0 Å². The fourth-order valence-corrected chi connectivity index (χ4v) is 1.46. The molecular formula is C15H11NO3. The van der Waals surface area contributed by atoms with Gasteiger partial charge in [-0.25, -0.2) is 4.79 Å². The van der Waals surface area contributed by atoms with E-state index >= 15 is 0 Å². The summed E-state index contributed by atoms with van der Waals surface area (Å²) < 4.78 is 9.93. The fraction of sp³-hybridized carbons (Fsp3) is 0.0667. The van der Waals surface area contributed by atoms with Gasteiger partial charge >= 0.3 is 5.97 Å². The van der Waals surface area contributed by atoms with Crippen LogP contribution >= 0.6 is 0 Å². The van der Waals surface area contributed by atoms with Gasteiger partial charge in [-0.1, -0.05) is 30.3 Å². The van der Waals surface area contributed by atoms with Gasteiger partial charge in [0.2, 0.25) is 0 Å². The molecule has 2 rings (SSSR count). The Morgan fingerprint density at radius 2 is 2.11 bits per heavy atom. The number of carbonyl (C=O) groups excluding carboxylic acids is 1. The van der Waals surface area contributed by atoms with E-state index in [0.717, 1.165) is 5.56 Å². The second-order valence-electron chi connectivity index (χ2n) is 3.79. The van der Waals surface area contributed by atoms with Gasteiger partial charge in [0.15, 0.2) is 0 Å². The third-order valence-corrected chi connectivity index (χ3v) is 2.41. The molecule has 1 aromatic heterocycles. The molecule has 0 radical (unpaired) electrons. The zero-order chi connectivity index (χ0) is 13.5. The quantitative estimate of drug-likeness (QED) is 0.477. The van der Waals surface area contributed by atoms with E-state index in [2.05, 4.69) is 0 Å². The first kappa shape index (κ1) is 12.7. The first-order chi connectivity index (χ1) is 9.29. The minimum absolute atomic E-state index is 0.0580. The second kappa shape index (κ2) is 6.22. The summed E-state index contributed by atoms with van der Waals surface area (Å²) in [5.41, 5.74) is 1.46. The highest BCUT2D eigenvalue weighted by Crippen LogP contribution is 2.09. The Kier molecular flexibility index (Phi) is 4.14. The smallest absolute Gasteiger partial charge is 0.349 e. The summed E-state index contributed by atoms with van der Waals surface area (Å²) in [6.07, 6.45) is 4.34. The van der Waals surface area contributed by atoms with Gasteiger partial charge in [-0.2, -0.15) is 5.26 Å². The maximum absolute atomic E-state index is 11.7. The van der Waals surface area contributed by atoms with Crippen LogP contribution in [-0.4, -0.2) is 5.97 Å². The number of benzene rings is 1.